The van der Waals surface area contributed by atoms with Crippen molar-refractivity contribution in [3.8, 4) is 0 Å². The van der Waals surface area contributed by atoms with Gasteiger partial charge in [-0.15, -0.1) is 0 Å². The van der Waals surface area contributed by atoms with E-state index in [-0.39, 0.29) is 5.97 Å². The molecule has 3 nitrogen and oxygen atoms in total. The molecule has 20 heavy (non-hydrogen) atoms. The second-order valence-electron chi connectivity index (χ2n) is 6.04. The lowest BCUT2D eigenvalue weighted by molar-refractivity contribution is 0.0601. The smallest absolute Gasteiger partial charge is 0.337 e. The molecule has 0 aromatic heterocycles. The Morgan fingerprint density at radius 2 is 2.05 bits per heavy atom. The molecule has 2 rings (SSSR count). The predicted octanol–water partition coefficient (Wildman–Crippen LogP) is 4.02. The van der Waals surface area contributed by atoms with E-state index in [4.69, 9.17) is 4.74 Å². The average molecular weight is 275 g/mol. The van der Waals surface area contributed by atoms with Gasteiger partial charge in [0.15, 0.2) is 0 Å². The summed E-state index contributed by atoms with van der Waals surface area (Å²) in [4.78, 5) is 11.6. The lowest BCUT2D eigenvalue weighted by Gasteiger charge is -2.35. The number of esters is 1. The van der Waals surface area contributed by atoms with E-state index in [0.29, 0.717) is 17.5 Å². The number of anilines is 1. The van der Waals surface area contributed by atoms with Crippen LogP contribution >= 0.6 is 0 Å². The summed E-state index contributed by atoms with van der Waals surface area (Å²) in [7, 11) is 1.42. The molecule has 1 aliphatic rings. The number of hydrogen-bond donors (Lipinski definition) is 1. The number of methoxy groups -OCH3 is 1. The van der Waals surface area contributed by atoms with Crippen LogP contribution in [0.5, 0.6) is 0 Å². The fraction of sp³-hybridized carbons (Fsp3) is 0.588. The lowest BCUT2D eigenvalue weighted by atomic mass is 9.78. The molecular formula is C17H25NO2. The maximum absolute atomic E-state index is 11.6. The van der Waals surface area contributed by atoms with Crippen molar-refractivity contribution in [2.45, 2.75) is 46.1 Å². The molecule has 3 unspecified atom stereocenters. The van der Waals surface area contributed by atoms with Crippen molar-refractivity contribution in [3.05, 3.63) is 29.3 Å². The molecular weight excluding hydrogens is 250 g/mol. The van der Waals surface area contributed by atoms with Crippen LogP contribution in [-0.4, -0.2) is 19.1 Å². The Labute approximate surface area is 121 Å². The van der Waals surface area contributed by atoms with E-state index in [1.807, 2.05) is 18.2 Å². The Balaban J connectivity index is 2.17. The summed E-state index contributed by atoms with van der Waals surface area (Å²) in [5.41, 5.74) is 2.83. The molecule has 3 heteroatoms. The van der Waals surface area contributed by atoms with Gasteiger partial charge in [0.1, 0.15) is 0 Å². The highest BCUT2D eigenvalue weighted by Gasteiger charge is 2.27. The van der Waals surface area contributed by atoms with Gasteiger partial charge in [0.05, 0.1) is 12.7 Å². The maximum Gasteiger partial charge on any atom is 0.337 e. The number of carbonyl (C=O) groups is 1. The minimum atomic E-state index is -0.280. The molecule has 1 aromatic rings. The number of ether oxygens (including phenoxy) is 1. The number of benzene rings is 1. The van der Waals surface area contributed by atoms with Crippen molar-refractivity contribution in [2.75, 3.05) is 12.4 Å². The van der Waals surface area contributed by atoms with E-state index < -0.39 is 0 Å². The third kappa shape index (κ3) is 3.14. The van der Waals surface area contributed by atoms with Gasteiger partial charge in [0.25, 0.3) is 0 Å². The minimum Gasteiger partial charge on any atom is -0.465 e. The van der Waals surface area contributed by atoms with Crippen molar-refractivity contribution >= 4 is 11.7 Å². The molecule has 1 saturated carbocycles. The van der Waals surface area contributed by atoms with Gasteiger partial charge in [-0.2, -0.15) is 0 Å². The van der Waals surface area contributed by atoms with Gasteiger partial charge in [-0.25, -0.2) is 4.79 Å². The summed E-state index contributed by atoms with van der Waals surface area (Å²) in [6.07, 6.45) is 3.80. The second-order valence-corrected chi connectivity index (χ2v) is 6.04. The lowest BCUT2D eigenvalue weighted by Crippen LogP contribution is -2.35. The fourth-order valence-corrected chi connectivity index (χ4v) is 3.01. The Morgan fingerprint density at radius 3 is 2.75 bits per heavy atom. The third-order valence-electron chi connectivity index (χ3n) is 4.71. The normalized spacial score (nSPS) is 26.1. The molecule has 1 aliphatic carbocycles. The van der Waals surface area contributed by atoms with Gasteiger partial charge in [-0.3, -0.25) is 0 Å². The molecule has 0 radical (unpaired) electrons. The van der Waals surface area contributed by atoms with Crippen molar-refractivity contribution in [3.63, 3.8) is 0 Å². The highest BCUT2D eigenvalue weighted by molar-refractivity contribution is 5.90. The molecule has 1 aromatic carbocycles. The number of nitrogens with one attached hydrogen (secondary N) is 1. The van der Waals surface area contributed by atoms with Crippen LogP contribution in [0, 0.1) is 18.8 Å². The van der Waals surface area contributed by atoms with Crippen molar-refractivity contribution < 1.29 is 9.53 Å². The Bertz CT molecular complexity index is 484. The second kappa shape index (κ2) is 6.29. The van der Waals surface area contributed by atoms with Crippen LogP contribution in [-0.2, 0) is 4.74 Å². The van der Waals surface area contributed by atoms with E-state index >= 15 is 0 Å². The molecule has 0 aliphatic heterocycles. The summed E-state index contributed by atoms with van der Waals surface area (Å²) in [6, 6.07) is 6.20. The first-order valence-corrected chi connectivity index (χ1v) is 7.48. The zero-order chi connectivity index (χ0) is 14.7. The van der Waals surface area contributed by atoms with Gasteiger partial charge in [0.2, 0.25) is 0 Å². The van der Waals surface area contributed by atoms with Crippen LogP contribution in [0.2, 0.25) is 0 Å². The topological polar surface area (TPSA) is 38.3 Å². The average Bonchev–Trinajstić information content (AvgIpc) is 2.45. The number of rotatable bonds is 3. The molecule has 0 amide bonds. The quantitative estimate of drug-likeness (QED) is 0.847. The molecule has 3 atom stereocenters. The molecule has 0 spiro atoms. The summed E-state index contributed by atoms with van der Waals surface area (Å²) in [6.45, 7) is 6.72. The minimum absolute atomic E-state index is 0.280. The van der Waals surface area contributed by atoms with Crippen molar-refractivity contribution in [1.82, 2.24) is 0 Å². The molecule has 0 heterocycles. The summed E-state index contributed by atoms with van der Waals surface area (Å²) in [5.74, 6) is 1.13. The van der Waals surface area contributed by atoms with Gasteiger partial charge in [0, 0.05) is 11.7 Å². The highest BCUT2D eigenvalue weighted by atomic mass is 16.5. The van der Waals surface area contributed by atoms with Crippen LogP contribution in [0.3, 0.4) is 0 Å². The monoisotopic (exact) mass is 275 g/mol. The highest BCUT2D eigenvalue weighted by Crippen LogP contribution is 2.32. The number of carbonyl (C=O) groups excluding carboxylic acids is 1. The first-order chi connectivity index (χ1) is 9.52. The molecule has 0 bridgehead atoms. The van der Waals surface area contributed by atoms with Crippen LogP contribution in [0.1, 0.15) is 49.0 Å². The molecule has 0 saturated heterocycles. The summed E-state index contributed by atoms with van der Waals surface area (Å²) >= 11 is 0. The number of hydrogen-bond acceptors (Lipinski definition) is 3. The Kier molecular flexibility index (Phi) is 4.69. The van der Waals surface area contributed by atoms with E-state index in [2.05, 4.69) is 26.1 Å². The van der Waals surface area contributed by atoms with Gasteiger partial charge < -0.3 is 10.1 Å². The van der Waals surface area contributed by atoms with E-state index in [1.54, 1.807) is 0 Å². The largest absolute Gasteiger partial charge is 0.465 e. The zero-order valence-corrected chi connectivity index (χ0v) is 12.9. The van der Waals surface area contributed by atoms with Crippen LogP contribution < -0.4 is 5.32 Å². The van der Waals surface area contributed by atoms with E-state index in [9.17, 15) is 4.79 Å². The molecule has 110 valence electrons. The van der Waals surface area contributed by atoms with E-state index in [0.717, 1.165) is 11.6 Å². The zero-order valence-electron chi connectivity index (χ0n) is 12.9. The van der Waals surface area contributed by atoms with E-state index in [1.165, 1.54) is 31.9 Å². The van der Waals surface area contributed by atoms with Crippen LogP contribution in [0.15, 0.2) is 18.2 Å². The standard InChI is InChI=1S/C17H25NO2/c1-11-6-5-7-15(13(11)3)18-16-10-14(17(19)20-4)9-8-12(16)2/h8-11,13,15,18H,5-7H2,1-4H3. The first-order valence-electron chi connectivity index (χ1n) is 7.48. The Morgan fingerprint density at radius 1 is 1.30 bits per heavy atom. The number of aryl methyl sites for hydroxylation is 1. The fourth-order valence-electron chi connectivity index (χ4n) is 3.01. The molecule has 1 N–H and O–H groups in total. The maximum atomic E-state index is 11.6. The van der Waals surface area contributed by atoms with Crippen LogP contribution in [0.4, 0.5) is 5.69 Å². The summed E-state index contributed by atoms with van der Waals surface area (Å²) < 4.78 is 4.79. The van der Waals surface area contributed by atoms with Crippen molar-refractivity contribution in [1.29, 1.82) is 0 Å². The molecule has 1 fully saturated rings. The third-order valence-corrected chi connectivity index (χ3v) is 4.71. The van der Waals surface area contributed by atoms with Gasteiger partial charge in [-0.05, 0) is 42.9 Å². The summed E-state index contributed by atoms with van der Waals surface area (Å²) in [5, 5.41) is 3.64. The first kappa shape index (κ1) is 14.9. The Hall–Kier alpha value is -1.51. The van der Waals surface area contributed by atoms with Crippen molar-refractivity contribution in [2.24, 2.45) is 11.8 Å². The van der Waals surface area contributed by atoms with Gasteiger partial charge in [-0.1, -0.05) is 32.8 Å². The van der Waals surface area contributed by atoms with Crippen LogP contribution in [0.25, 0.3) is 0 Å². The predicted molar refractivity (Wildman–Crippen MR) is 82.1 cm³/mol. The van der Waals surface area contributed by atoms with Gasteiger partial charge >= 0.3 is 5.97 Å². The SMILES string of the molecule is COC(=O)c1ccc(C)c(NC2CCCC(C)C2C)c1.